The van der Waals surface area contributed by atoms with E-state index in [1.54, 1.807) is 4.90 Å². The van der Waals surface area contributed by atoms with E-state index in [1.165, 1.54) is 18.2 Å². The second-order valence-corrected chi connectivity index (χ2v) is 7.03. The van der Waals surface area contributed by atoms with Gasteiger partial charge in [0.2, 0.25) is 0 Å². The molecule has 1 saturated heterocycles. The van der Waals surface area contributed by atoms with Crippen LogP contribution in [0.2, 0.25) is 5.02 Å². The molecule has 1 aromatic carbocycles. The largest absolute Gasteiger partial charge is 0.573 e. The maximum Gasteiger partial charge on any atom is 0.573 e. The normalized spacial score (nSPS) is 20.6. The number of halogens is 4. The summed E-state index contributed by atoms with van der Waals surface area (Å²) in [5.41, 5.74) is 1.45. The number of rotatable bonds is 2. The second kappa shape index (κ2) is 6.69. The molecule has 2 atom stereocenters. The number of nitrogens with zero attached hydrogens (tertiary/aromatic N) is 2. The van der Waals surface area contributed by atoms with Gasteiger partial charge < -0.3 is 15.0 Å². The van der Waals surface area contributed by atoms with Crippen molar-refractivity contribution in [3.63, 3.8) is 0 Å². The molecule has 2 aromatic rings. The molecule has 2 bridgehead atoms. The van der Waals surface area contributed by atoms with Crippen molar-refractivity contribution in [3.05, 3.63) is 50.9 Å². The SMILES string of the molecule is O=C(Nc1ccc(OC(F)(F)F)c(Cl)c1)N1[C@@H]2CC[C@H]1c1n[nH]c(=O)cc1C2. The van der Waals surface area contributed by atoms with Gasteiger partial charge in [0.25, 0.3) is 5.56 Å². The summed E-state index contributed by atoms with van der Waals surface area (Å²) in [6, 6.07) is 4.25. The third kappa shape index (κ3) is 3.51. The van der Waals surface area contributed by atoms with Crippen molar-refractivity contribution in [1.29, 1.82) is 0 Å². The highest BCUT2D eigenvalue weighted by Crippen LogP contribution is 2.42. The van der Waals surface area contributed by atoms with E-state index in [0.717, 1.165) is 18.1 Å². The lowest BCUT2D eigenvalue weighted by Gasteiger charge is -2.35. The fourth-order valence-electron chi connectivity index (χ4n) is 3.79. The first-order chi connectivity index (χ1) is 13.2. The Morgan fingerprint density at radius 3 is 2.82 bits per heavy atom. The van der Waals surface area contributed by atoms with Crippen LogP contribution in [0.3, 0.4) is 0 Å². The van der Waals surface area contributed by atoms with Crippen molar-refractivity contribution in [2.24, 2.45) is 0 Å². The zero-order chi connectivity index (χ0) is 20.1. The number of carbonyl (C=O) groups is 1. The van der Waals surface area contributed by atoms with E-state index < -0.39 is 18.1 Å². The average Bonchev–Trinajstić information content (AvgIpc) is 2.91. The Hall–Kier alpha value is -2.75. The molecule has 0 unspecified atom stereocenters. The van der Waals surface area contributed by atoms with Crippen LogP contribution in [0.4, 0.5) is 23.7 Å². The van der Waals surface area contributed by atoms with Crippen molar-refractivity contribution in [1.82, 2.24) is 15.1 Å². The van der Waals surface area contributed by atoms with Gasteiger partial charge in [-0.1, -0.05) is 11.6 Å². The molecular formula is C17H14ClF3N4O3. The summed E-state index contributed by atoms with van der Waals surface area (Å²) in [5.74, 6) is -0.549. The first-order valence-corrected chi connectivity index (χ1v) is 8.82. The van der Waals surface area contributed by atoms with E-state index in [1.807, 2.05) is 0 Å². The zero-order valence-electron chi connectivity index (χ0n) is 14.2. The summed E-state index contributed by atoms with van der Waals surface area (Å²) in [6.07, 6.45) is -2.86. The highest BCUT2D eigenvalue weighted by molar-refractivity contribution is 6.32. The van der Waals surface area contributed by atoms with Crippen LogP contribution >= 0.6 is 11.6 Å². The van der Waals surface area contributed by atoms with Gasteiger partial charge in [-0.3, -0.25) is 4.79 Å². The first-order valence-electron chi connectivity index (χ1n) is 8.44. The fraction of sp³-hybridized carbons (Fsp3) is 0.353. The number of anilines is 1. The topological polar surface area (TPSA) is 87.3 Å². The molecule has 148 valence electrons. The summed E-state index contributed by atoms with van der Waals surface area (Å²) >= 11 is 5.82. The standard InChI is InChI=1S/C17H14ClF3N4O3/c18-11-7-9(1-4-13(11)28-17(19,20)21)22-16(27)25-10-2-3-12(25)15-8(5-10)6-14(26)23-24-15/h1,4,6-7,10,12H,2-3,5H2,(H,22,27)(H,23,26)/t10-,12+/m1/s1. The molecule has 0 saturated carbocycles. The summed E-state index contributed by atoms with van der Waals surface area (Å²) in [6.45, 7) is 0. The lowest BCUT2D eigenvalue weighted by Crippen LogP contribution is -2.45. The van der Waals surface area contributed by atoms with Gasteiger partial charge in [0, 0.05) is 17.8 Å². The van der Waals surface area contributed by atoms with Crippen molar-refractivity contribution >= 4 is 23.3 Å². The predicted octanol–water partition coefficient (Wildman–Crippen LogP) is 3.62. The quantitative estimate of drug-likeness (QED) is 0.785. The van der Waals surface area contributed by atoms with E-state index in [2.05, 4.69) is 20.3 Å². The minimum Gasteiger partial charge on any atom is -0.404 e. The number of aromatic nitrogens is 2. The van der Waals surface area contributed by atoms with E-state index in [4.69, 9.17) is 11.6 Å². The Labute approximate surface area is 161 Å². The Morgan fingerprint density at radius 1 is 1.32 bits per heavy atom. The maximum absolute atomic E-state index is 12.8. The van der Waals surface area contributed by atoms with Crippen LogP contribution in [0.5, 0.6) is 5.75 Å². The van der Waals surface area contributed by atoms with Crippen LogP contribution in [-0.4, -0.2) is 33.5 Å². The molecule has 1 aromatic heterocycles. The summed E-state index contributed by atoms with van der Waals surface area (Å²) in [7, 11) is 0. The fourth-order valence-corrected chi connectivity index (χ4v) is 4.01. The smallest absolute Gasteiger partial charge is 0.404 e. The van der Waals surface area contributed by atoms with Crippen molar-refractivity contribution < 1.29 is 22.7 Å². The molecule has 28 heavy (non-hydrogen) atoms. The monoisotopic (exact) mass is 414 g/mol. The molecule has 0 radical (unpaired) electrons. The summed E-state index contributed by atoms with van der Waals surface area (Å²) in [5, 5.41) is 8.87. The second-order valence-electron chi connectivity index (χ2n) is 6.62. The summed E-state index contributed by atoms with van der Waals surface area (Å²) in [4.78, 5) is 25.9. The molecule has 11 heteroatoms. The molecular weight excluding hydrogens is 401 g/mol. The molecule has 2 amide bonds. The number of fused-ring (bicyclic) bond motifs is 4. The number of nitrogens with one attached hydrogen (secondary N) is 2. The Kier molecular flexibility index (Phi) is 4.45. The number of carbonyl (C=O) groups excluding carboxylic acids is 1. The molecule has 4 rings (SSSR count). The van der Waals surface area contributed by atoms with Crippen molar-refractivity contribution in [3.8, 4) is 5.75 Å². The van der Waals surface area contributed by atoms with Gasteiger partial charge in [-0.2, -0.15) is 5.10 Å². The number of urea groups is 1. The minimum absolute atomic E-state index is 0.0793. The lowest BCUT2D eigenvalue weighted by atomic mass is 9.99. The van der Waals surface area contributed by atoms with Gasteiger partial charge in [-0.15, -0.1) is 13.2 Å². The van der Waals surface area contributed by atoms with Gasteiger partial charge in [-0.05, 0) is 43.0 Å². The Bertz CT molecular complexity index is 994. The van der Waals surface area contributed by atoms with Gasteiger partial charge in [0.15, 0.2) is 0 Å². The third-order valence-electron chi connectivity index (χ3n) is 4.84. The van der Waals surface area contributed by atoms with E-state index >= 15 is 0 Å². The Morgan fingerprint density at radius 2 is 2.11 bits per heavy atom. The number of hydrogen-bond donors (Lipinski definition) is 2. The van der Waals surface area contributed by atoms with Crippen LogP contribution < -0.4 is 15.6 Å². The van der Waals surface area contributed by atoms with Gasteiger partial charge in [-0.25, -0.2) is 9.89 Å². The predicted molar refractivity (Wildman–Crippen MR) is 93.3 cm³/mol. The molecule has 2 aliphatic rings. The minimum atomic E-state index is -4.86. The Balaban J connectivity index is 1.52. The number of hydrogen-bond acceptors (Lipinski definition) is 4. The number of alkyl halides is 3. The molecule has 1 fully saturated rings. The van der Waals surface area contributed by atoms with Gasteiger partial charge in [0.1, 0.15) is 5.75 Å². The number of aromatic amines is 1. The molecule has 0 aliphatic carbocycles. The molecule has 2 N–H and O–H groups in total. The summed E-state index contributed by atoms with van der Waals surface area (Å²) < 4.78 is 40.8. The zero-order valence-corrected chi connectivity index (χ0v) is 15.0. The maximum atomic E-state index is 12.8. The van der Waals surface area contributed by atoms with Crippen molar-refractivity contribution in [2.45, 2.75) is 37.7 Å². The molecule has 2 aliphatic heterocycles. The number of benzene rings is 1. The molecule has 0 spiro atoms. The number of H-pyrrole nitrogens is 1. The number of amides is 2. The number of ether oxygens (including phenoxy) is 1. The van der Waals surface area contributed by atoms with E-state index in [9.17, 15) is 22.8 Å². The van der Waals surface area contributed by atoms with Crippen LogP contribution in [0.1, 0.15) is 30.1 Å². The van der Waals surface area contributed by atoms with Crippen LogP contribution in [0.25, 0.3) is 0 Å². The average molecular weight is 415 g/mol. The van der Waals surface area contributed by atoms with Gasteiger partial charge in [0.05, 0.1) is 16.8 Å². The molecule has 7 nitrogen and oxygen atoms in total. The van der Waals surface area contributed by atoms with Crippen LogP contribution in [0, 0.1) is 0 Å². The third-order valence-corrected chi connectivity index (χ3v) is 5.13. The highest BCUT2D eigenvalue weighted by Gasteiger charge is 2.43. The van der Waals surface area contributed by atoms with Crippen LogP contribution in [0.15, 0.2) is 29.1 Å². The molecule has 3 heterocycles. The lowest BCUT2D eigenvalue weighted by molar-refractivity contribution is -0.274. The van der Waals surface area contributed by atoms with E-state index in [-0.39, 0.29) is 28.4 Å². The van der Waals surface area contributed by atoms with Crippen molar-refractivity contribution in [2.75, 3.05) is 5.32 Å². The van der Waals surface area contributed by atoms with Crippen LogP contribution in [-0.2, 0) is 6.42 Å². The first kappa shape index (κ1) is 18.6. The van der Waals surface area contributed by atoms with E-state index in [0.29, 0.717) is 18.5 Å². The highest BCUT2D eigenvalue weighted by atomic mass is 35.5. The van der Waals surface area contributed by atoms with Gasteiger partial charge >= 0.3 is 12.4 Å².